The molecule has 0 fully saturated rings. The van der Waals surface area contributed by atoms with Gasteiger partial charge in [0.1, 0.15) is 14.4 Å². The van der Waals surface area contributed by atoms with Gasteiger partial charge in [-0.05, 0) is 11.6 Å². The number of benzene rings is 1. The van der Waals surface area contributed by atoms with Crippen molar-refractivity contribution in [2.45, 2.75) is 19.6 Å². The van der Waals surface area contributed by atoms with E-state index in [-0.39, 0.29) is 0 Å². The Kier molecular flexibility index (Phi) is 4.27. The Morgan fingerprint density at radius 1 is 1.19 bits per heavy atom. The molecule has 1 aromatic rings. The predicted octanol–water partition coefficient (Wildman–Crippen LogP) is 3.15. The Hall–Kier alpha value is -1.59. The third-order valence-corrected chi connectivity index (χ3v) is 2.77. The van der Waals surface area contributed by atoms with Gasteiger partial charge in [0.15, 0.2) is 0 Å². The minimum atomic E-state index is -1.40. The van der Waals surface area contributed by atoms with Gasteiger partial charge in [0, 0.05) is 5.57 Å². The number of hydrogen-bond acceptors (Lipinski definition) is 1. The summed E-state index contributed by atoms with van der Waals surface area (Å²) in [5, 5.41) is 0. The van der Waals surface area contributed by atoms with Crippen LogP contribution in [0.3, 0.4) is 0 Å². The van der Waals surface area contributed by atoms with Gasteiger partial charge in [-0.1, -0.05) is 55.9 Å². The van der Waals surface area contributed by atoms with Gasteiger partial charge in [-0.3, -0.25) is 4.79 Å². The fourth-order valence-electron chi connectivity index (χ4n) is 1.15. The first-order valence-corrected chi connectivity index (χ1v) is 8.77. The lowest BCUT2D eigenvalue weighted by atomic mass is 10.1. The van der Waals surface area contributed by atoms with Gasteiger partial charge in [0.25, 0.3) is 0 Å². The Morgan fingerprint density at radius 3 is 2.31 bits per heavy atom. The molecule has 0 radical (unpaired) electrons. The van der Waals surface area contributed by atoms with Crippen molar-refractivity contribution >= 4 is 19.9 Å². The van der Waals surface area contributed by atoms with Crippen molar-refractivity contribution < 1.29 is 4.79 Å². The molecule has 0 saturated heterocycles. The molecule has 0 heterocycles. The number of hydrogen-bond donors (Lipinski definition) is 0. The molecule has 0 saturated carbocycles. The molecule has 0 spiro atoms. The number of carbonyl (C=O) groups excluding carboxylic acids is 1. The molecule has 82 valence electrons. The highest BCUT2D eigenvalue weighted by atomic mass is 28.3. The Labute approximate surface area is 98.2 Å². The van der Waals surface area contributed by atoms with Crippen molar-refractivity contribution in [1.29, 1.82) is 0 Å². The van der Waals surface area contributed by atoms with Crippen LogP contribution >= 0.6 is 0 Å². The molecule has 0 aliphatic heterocycles. The summed E-state index contributed by atoms with van der Waals surface area (Å²) < 4.78 is 0. The van der Waals surface area contributed by atoms with Gasteiger partial charge in [-0.15, -0.1) is 5.54 Å². The van der Waals surface area contributed by atoms with Gasteiger partial charge in [0.2, 0.25) is 0 Å². The molecule has 16 heavy (non-hydrogen) atoms. The van der Waals surface area contributed by atoms with Gasteiger partial charge >= 0.3 is 0 Å². The van der Waals surface area contributed by atoms with Gasteiger partial charge < -0.3 is 0 Å². The van der Waals surface area contributed by atoms with Crippen molar-refractivity contribution in [2.24, 2.45) is 0 Å². The molecule has 0 atom stereocenters. The van der Waals surface area contributed by atoms with E-state index >= 15 is 0 Å². The van der Waals surface area contributed by atoms with E-state index in [1.807, 2.05) is 30.3 Å². The summed E-state index contributed by atoms with van der Waals surface area (Å²) in [5.74, 6) is 3.12. The molecule has 0 bridgehead atoms. The van der Waals surface area contributed by atoms with E-state index in [2.05, 4.69) is 31.1 Å². The topological polar surface area (TPSA) is 17.1 Å². The quantitative estimate of drug-likeness (QED) is 0.329. The lowest BCUT2D eigenvalue weighted by Crippen LogP contribution is -2.16. The van der Waals surface area contributed by atoms with Crippen LogP contribution in [0.25, 0.3) is 5.57 Å². The zero-order valence-electron chi connectivity index (χ0n) is 9.95. The fraction of sp³-hybridized carbons (Fsp3) is 0.214. The molecule has 0 aliphatic rings. The van der Waals surface area contributed by atoms with Crippen LogP contribution in [0.2, 0.25) is 19.6 Å². The monoisotopic (exact) mass is 228 g/mol. The minimum Gasteiger partial charge on any atom is -0.299 e. The molecular formula is C14H16OSi. The second kappa shape index (κ2) is 5.48. The molecule has 1 nitrogen and oxygen atoms in total. The lowest BCUT2D eigenvalue weighted by Gasteiger charge is -2.04. The van der Waals surface area contributed by atoms with E-state index in [1.54, 1.807) is 0 Å². The molecule has 0 aliphatic carbocycles. The second-order valence-corrected chi connectivity index (χ2v) is 9.33. The molecule has 0 unspecified atom stereocenters. The predicted molar refractivity (Wildman–Crippen MR) is 71.6 cm³/mol. The van der Waals surface area contributed by atoms with Crippen LogP contribution in [0.4, 0.5) is 0 Å². The van der Waals surface area contributed by atoms with E-state index in [9.17, 15) is 4.79 Å². The summed E-state index contributed by atoms with van der Waals surface area (Å²) in [6.45, 7) is 6.55. The maximum atomic E-state index is 10.6. The van der Waals surface area contributed by atoms with Gasteiger partial charge in [-0.25, -0.2) is 0 Å². The molecule has 0 aromatic heterocycles. The highest BCUT2D eigenvalue weighted by molar-refractivity contribution is 6.84. The van der Waals surface area contributed by atoms with Crippen molar-refractivity contribution in [3.05, 3.63) is 42.0 Å². The highest BCUT2D eigenvalue weighted by Gasteiger charge is 2.08. The van der Waals surface area contributed by atoms with Crippen LogP contribution in [0.5, 0.6) is 0 Å². The summed E-state index contributed by atoms with van der Waals surface area (Å²) in [6, 6.07) is 9.78. The average molecular weight is 228 g/mol. The van der Waals surface area contributed by atoms with Crippen LogP contribution < -0.4 is 0 Å². The van der Waals surface area contributed by atoms with E-state index in [1.165, 1.54) is 6.08 Å². The summed E-state index contributed by atoms with van der Waals surface area (Å²) in [6.07, 6.45) is 2.32. The molecular weight excluding hydrogens is 212 g/mol. The molecule has 0 N–H and O–H groups in total. The molecule has 1 rings (SSSR count). The second-order valence-electron chi connectivity index (χ2n) is 4.58. The maximum Gasteiger partial charge on any atom is 0.144 e. The number of aldehydes is 1. The number of rotatable bonds is 2. The number of carbonyl (C=O) groups is 1. The SMILES string of the molecule is C[Si](C)(C)C#C/C(=C\C=O)c1ccccc1. The third kappa shape index (κ3) is 4.29. The minimum absolute atomic E-state index is 0.793. The lowest BCUT2D eigenvalue weighted by molar-refractivity contribution is -0.104. The van der Waals surface area contributed by atoms with Gasteiger partial charge in [-0.2, -0.15) is 0 Å². The van der Waals surface area contributed by atoms with Crippen LogP contribution in [0.1, 0.15) is 5.56 Å². The van der Waals surface area contributed by atoms with E-state index < -0.39 is 8.07 Å². The maximum absolute atomic E-state index is 10.6. The largest absolute Gasteiger partial charge is 0.299 e. The van der Waals surface area contributed by atoms with Crippen LogP contribution in [0, 0.1) is 11.5 Å². The first-order valence-electron chi connectivity index (χ1n) is 5.27. The molecule has 0 amide bonds. The first-order chi connectivity index (χ1) is 7.53. The van der Waals surface area contributed by atoms with E-state index in [0.717, 1.165) is 17.4 Å². The normalized spacial score (nSPS) is 11.6. The summed E-state index contributed by atoms with van der Waals surface area (Å²) in [5.41, 5.74) is 5.07. The van der Waals surface area contributed by atoms with Crippen LogP contribution in [-0.4, -0.2) is 14.4 Å². The third-order valence-electron chi connectivity index (χ3n) is 1.89. The summed E-state index contributed by atoms with van der Waals surface area (Å²) >= 11 is 0. The first kappa shape index (κ1) is 12.5. The average Bonchev–Trinajstić information content (AvgIpc) is 2.24. The van der Waals surface area contributed by atoms with Crippen LogP contribution in [0.15, 0.2) is 36.4 Å². The van der Waals surface area contributed by atoms with Crippen molar-refractivity contribution in [3.63, 3.8) is 0 Å². The molecule has 1 aromatic carbocycles. The Bertz CT molecular complexity index is 441. The summed E-state index contributed by atoms with van der Waals surface area (Å²) in [4.78, 5) is 10.6. The zero-order valence-corrected chi connectivity index (χ0v) is 10.9. The van der Waals surface area contributed by atoms with Crippen molar-refractivity contribution in [3.8, 4) is 11.5 Å². The molecule has 2 heteroatoms. The van der Waals surface area contributed by atoms with Gasteiger partial charge in [0.05, 0.1) is 0 Å². The van der Waals surface area contributed by atoms with E-state index in [4.69, 9.17) is 0 Å². The summed E-state index contributed by atoms with van der Waals surface area (Å²) in [7, 11) is -1.40. The standard InChI is InChI=1S/C14H16OSi/c1-16(2,3)12-10-14(9-11-15)13-7-5-4-6-8-13/h4-9,11H,1-3H3/b14-9+. The number of allylic oxidation sites excluding steroid dienone is 2. The zero-order chi connectivity index (χ0) is 12.0. The van der Waals surface area contributed by atoms with Crippen molar-refractivity contribution in [1.82, 2.24) is 0 Å². The Balaban J connectivity index is 3.07. The Morgan fingerprint density at radius 2 is 1.81 bits per heavy atom. The highest BCUT2D eigenvalue weighted by Crippen LogP contribution is 2.12. The van der Waals surface area contributed by atoms with Crippen LogP contribution in [-0.2, 0) is 4.79 Å². The van der Waals surface area contributed by atoms with Crippen molar-refractivity contribution in [2.75, 3.05) is 0 Å². The fourth-order valence-corrected chi connectivity index (χ4v) is 1.66. The van der Waals surface area contributed by atoms with E-state index in [0.29, 0.717) is 0 Å². The smallest absolute Gasteiger partial charge is 0.144 e.